The molecule has 0 aromatic heterocycles. The molecule has 0 spiro atoms. The minimum Gasteiger partial charge on any atom is -0.409 e. The SMILES string of the molecule is CCC(=O)C(=O)O[PH](C)=O. The molecule has 0 aliphatic carbocycles. The molecular weight excluding hydrogens is 155 g/mol. The van der Waals surface area contributed by atoms with E-state index in [1.807, 2.05) is 0 Å². The first kappa shape index (κ1) is 9.37. The van der Waals surface area contributed by atoms with Crippen LogP contribution in [0.4, 0.5) is 0 Å². The summed E-state index contributed by atoms with van der Waals surface area (Å²) in [7, 11) is -2.31. The molecule has 1 unspecified atom stereocenters. The molecule has 0 amide bonds. The number of ketones is 1. The van der Waals surface area contributed by atoms with E-state index in [1.54, 1.807) is 0 Å². The molecule has 0 N–H and O–H groups in total. The van der Waals surface area contributed by atoms with Crippen molar-refractivity contribution < 1.29 is 18.7 Å². The Hall–Kier alpha value is -0.630. The minimum absolute atomic E-state index is 0.0913. The Morgan fingerprint density at radius 1 is 1.50 bits per heavy atom. The zero-order valence-corrected chi connectivity index (χ0v) is 6.84. The number of hydrogen-bond donors (Lipinski definition) is 0. The van der Waals surface area contributed by atoms with Crippen molar-refractivity contribution in [3.63, 3.8) is 0 Å². The highest BCUT2D eigenvalue weighted by Crippen LogP contribution is 2.15. The van der Waals surface area contributed by atoms with Gasteiger partial charge in [0.15, 0.2) is 0 Å². The van der Waals surface area contributed by atoms with Gasteiger partial charge in [0.1, 0.15) is 0 Å². The lowest BCUT2D eigenvalue weighted by atomic mass is 10.3. The Labute approximate surface area is 59.4 Å². The van der Waals surface area contributed by atoms with Crippen molar-refractivity contribution >= 4 is 19.8 Å². The fourth-order valence-electron chi connectivity index (χ4n) is 0.332. The van der Waals surface area contributed by atoms with E-state index in [-0.39, 0.29) is 6.42 Å². The zero-order chi connectivity index (χ0) is 8.15. The molecule has 0 rings (SSSR count). The van der Waals surface area contributed by atoms with Crippen molar-refractivity contribution in [2.24, 2.45) is 0 Å². The summed E-state index contributed by atoms with van der Waals surface area (Å²) in [6.07, 6.45) is 0.0913. The van der Waals surface area contributed by atoms with E-state index >= 15 is 0 Å². The molecule has 0 saturated heterocycles. The molecule has 1 atom stereocenters. The van der Waals surface area contributed by atoms with Crippen molar-refractivity contribution in [3.8, 4) is 0 Å². The van der Waals surface area contributed by atoms with E-state index in [2.05, 4.69) is 4.52 Å². The highest BCUT2D eigenvalue weighted by molar-refractivity contribution is 7.38. The molecule has 0 aromatic carbocycles. The van der Waals surface area contributed by atoms with Crippen LogP contribution in [0, 0.1) is 0 Å². The summed E-state index contributed by atoms with van der Waals surface area (Å²) >= 11 is 0. The predicted molar refractivity (Wildman–Crippen MR) is 36.3 cm³/mol. The van der Waals surface area contributed by atoms with Gasteiger partial charge in [-0.3, -0.25) is 9.36 Å². The molecule has 10 heavy (non-hydrogen) atoms. The lowest BCUT2D eigenvalue weighted by Gasteiger charge is -1.95. The number of Topliss-reactive ketones (excluding diaryl/α,β-unsaturated/α-hetero) is 1. The van der Waals surface area contributed by atoms with Crippen LogP contribution in [0.2, 0.25) is 0 Å². The van der Waals surface area contributed by atoms with E-state index in [0.29, 0.717) is 0 Å². The standard InChI is InChI=1S/C5H9O4P/c1-3-4(6)5(7)9-10(2)8/h10H,3H2,1-2H3. The highest BCUT2D eigenvalue weighted by atomic mass is 31.1. The Morgan fingerprint density at radius 2 is 2.00 bits per heavy atom. The van der Waals surface area contributed by atoms with Gasteiger partial charge in [0.2, 0.25) is 13.8 Å². The number of carbonyl (C=O) groups is 2. The Morgan fingerprint density at radius 3 is 2.30 bits per heavy atom. The first-order valence-electron chi connectivity index (χ1n) is 2.83. The number of carbonyl (C=O) groups excluding carboxylic acids is 2. The van der Waals surface area contributed by atoms with Gasteiger partial charge in [0.25, 0.3) is 0 Å². The third-order valence-corrected chi connectivity index (χ3v) is 1.26. The maximum absolute atomic E-state index is 10.5. The first-order valence-corrected chi connectivity index (χ1v) is 4.65. The molecule has 58 valence electrons. The van der Waals surface area contributed by atoms with Gasteiger partial charge in [-0.05, 0) is 0 Å². The van der Waals surface area contributed by atoms with Gasteiger partial charge >= 0.3 is 5.97 Å². The highest BCUT2D eigenvalue weighted by Gasteiger charge is 2.12. The Bertz CT molecular complexity index is 174. The summed E-state index contributed by atoms with van der Waals surface area (Å²) in [6, 6.07) is 0. The van der Waals surface area contributed by atoms with Gasteiger partial charge < -0.3 is 4.52 Å². The number of hydrogen-bond acceptors (Lipinski definition) is 4. The maximum Gasteiger partial charge on any atom is 0.379 e. The van der Waals surface area contributed by atoms with Crippen LogP contribution in [0.25, 0.3) is 0 Å². The van der Waals surface area contributed by atoms with Crippen molar-refractivity contribution in [3.05, 3.63) is 0 Å². The lowest BCUT2D eigenvalue weighted by molar-refractivity contribution is -0.146. The summed E-state index contributed by atoms with van der Waals surface area (Å²) in [6.45, 7) is 2.79. The first-order chi connectivity index (χ1) is 4.57. The van der Waals surface area contributed by atoms with E-state index in [0.717, 1.165) is 0 Å². The van der Waals surface area contributed by atoms with E-state index in [9.17, 15) is 14.2 Å². The third kappa shape index (κ3) is 3.41. The molecule has 0 aliphatic heterocycles. The van der Waals surface area contributed by atoms with Gasteiger partial charge in [0.05, 0.1) is 0 Å². The van der Waals surface area contributed by atoms with Crippen molar-refractivity contribution in [2.45, 2.75) is 13.3 Å². The van der Waals surface area contributed by atoms with E-state index in [1.165, 1.54) is 13.6 Å². The fourth-order valence-corrected chi connectivity index (χ4v) is 0.707. The van der Waals surface area contributed by atoms with Gasteiger partial charge in [-0.1, -0.05) is 6.92 Å². The summed E-state index contributed by atoms with van der Waals surface area (Å²) in [5, 5.41) is 0. The molecular formula is C5H9O4P. The second-order valence-corrected chi connectivity index (χ2v) is 2.85. The molecule has 0 bridgehead atoms. The van der Waals surface area contributed by atoms with Crippen LogP contribution < -0.4 is 0 Å². The van der Waals surface area contributed by atoms with Gasteiger partial charge in [-0.15, -0.1) is 0 Å². The van der Waals surface area contributed by atoms with Gasteiger partial charge in [-0.2, -0.15) is 0 Å². The average molecular weight is 164 g/mol. The molecule has 5 heteroatoms. The Balaban J connectivity index is 3.86. The normalized spacial score (nSPS) is 12.2. The maximum atomic E-state index is 10.5. The van der Waals surface area contributed by atoms with Crippen molar-refractivity contribution in [2.75, 3.05) is 6.66 Å². The monoisotopic (exact) mass is 164 g/mol. The second-order valence-electron chi connectivity index (χ2n) is 1.66. The lowest BCUT2D eigenvalue weighted by Crippen LogP contribution is -2.12. The van der Waals surface area contributed by atoms with Gasteiger partial charge in [-0.25, -0.2) is 4.79 Å². The minimum atomic E-state index is -2.31. The van der Waals surface area contributed by atoms with Crippen LogP contribution in [0.3, 0.4) is 0 Å². The second kappa shape index (κ2) is 4.23. The molecule has 0 aromatic rings. The summed E-state index contributed by atoms with van der Waals surface area (Å²) < 4.78 is 14.4. The molecule has 0 fully saturated rings. The molecule has 0 aliphatic rings. The van der Waals surface area contributed by atoms with Crippen LogP contribution in [-0.2, 0) is 18.7 Å². The third-order valence-electron chi connectivity index (χ3n) is 0.785. The largest absolute Gasteiger partial charge is 0.409 e. The van der Waals surface area contributed by atoms with Gasteiger partial charge in [0, 0.05) is 13.1 Å². The topological polar surface area (TPSA) is 60.4 Å². The van der Waals surface area contributed by atoms with Crippen LogP contribution in [0.15, 0.2) is 0 Å². The number of rotatable bonds is 3. The zero-order valence-electron chi connectivity index (χ0n) is 5.84. The summed E-state index contributed by atoms with van der Waals surface area (Å²) in [4.78, 5) is 20.9. The average Bonchev–Trinajstić information content (AvgIpc) is 1.85. The van der Waals surface area contributed by atoms with Crippen LogP contribution >= 0.6 is 8.03 Å². The molecule has 0 heterocycles. The smallest absolute Gasteiger partial charge is 0.379 e. The summed E-state index contributed by atoms with van der Waals surface area (Å²) in [5.74, 6) is -1.63. The van der Waals surface area contributed by atoms with Crippen LogP contribution in [-0.4, -0.2) is 18.4 Å². The van der Waals surface area contributed by atoms with E-state index in [4.69, 9.17) is 0 Å². The van der Waals surface area contributed by atoms with Crippen LogP contribution in [0.5, 0.6) is 0 Å². The fraction of sp³-hybridized carbons (Fsp3) is 0.600. The van der Waals surface area contributed by atoms with Crippen molar-refractivity contribution in [1.29, 1.82) is 0 Å². The molecule has 4 nitrogen and oxygen atoms in total. The molecule has 0 radical (unpaired) electrons. The van der Waals surface area contributed by atoms with E-state index < -0.39 is 19.8 Å². The van der Waals surface area contributed by atoms with Crippen LogP contribution in [0.1, 0.15) is 13.3 Å². The predicted octanol–water partition coefficient (Wildman–Crippen LogP) is 0.613. The Kier molecular flexibility index (Phi) is 3.96. The quantitative estimate of drug-likeness (QED) is 0.453. The van der Waals surface area contributed by atoms with Crippen molar-refractivity contribution in [1.82, 2.24) is 0 Å². The molecule has 0 saturated carbocycles. The summed E-state index contributed by atoms with van der Waals surface area (Å²) in [5.41, 5.74) is 0.